The second kappa shape index (κ2) is 3.40. The number of rotatable bonds is 0. The molecule has 2 aliphatic rings. The highest BCUT2D eigenvalue weighted by molar-refractivity contribution is 5.26. The van der Waals surface area contributed by atoms with Gasteiger partial charge < -0.3 is 0 Å². The summed E-state index contributed by atoms with van der Waals surface area (Å²) in [5.74, 6) is 1.71. The minimum Gasteiger partial charge on any atom is -0.0990 e. The summed E-state index contributed by atoms with van der Waals surface area (Å²) in [6.07, 6.45) is 2.78. The van der Waals surface area contributed by atoms with Gasteiger partial charge in [0, 0.05) is 0 Å². The summed E-state index contributed by atoms with van der Waals surface area (Å²) in [7, 11) is 0. The Morgan fingerprint density at radius 3 is 1.93 bits per heavy atom. The third-order valence-corrected chi connectivity index (χ3v) is 4.43. The predicted molar refractivity (Wildman–Crippen MR) is 64.3 cm³/mol. The minimum atomic E-state index is 0.409. The normalized spacial score (nSPS) is 36.6. The van der Waals surface area contributed by atoms with Crippen LogP contribution in [0.5, 0.6) is 0 Å². The average Bonchev–Trinajstić information content (AvgIpc) is 2.52. The molecule has 0 radical (unpaired) electrons. The molecule has 0 aliphatic heterocycles. The van der Waals surface area contributed by atoms with E-state index in [0.29, 0.717) is 10.8 Å². The summed E-state index contributed by atoms with van der Waals surface area (Å²) in [4.78, 5) is 0. The molecule has 2 saturated carbocycles. The molecule has 0 aromatic carbocycles. The van der Waals surface area contributed by atoms with E-state index < -0.39 is 0 Å². The monoisotopic (exact) mass is 194 g/mol. The Bertz CT molecular complexity index is 232. The molecule has 2 atom stereocenters. The van der Waals surface area contributed by atoms with Crippen LogP contribution >= 0.6 is 0 Å². The first-order valence-corrected chi connectivity index (χ1v) is 6.05. The quantitative estimate of drug-likeness (QED) is 0.492. The Kier molecular flexibility index (Phi) is 2.87. The van der Waals surface area contributed by atoms with Crippen molar-refractivity contribution in [1.82, 2.24) is 0 Å². The van der Waals surface area contributed by atoms with E-state index >= 15 is 0 Å². The van der Waals surface area contributed by atoms with Gasteiger partial charge in [0.05, 0.1) is 0 Å². The Morgan fingerprint density at radius 1 is 1.14 bits per heavy atom. The van der Waals surface area contributed by atoms with Gasteiger partial charge in [-0.2, -0.15) is 0 Å². The summed E-state index contributed by atoms with van der Waals surface area (Å²) >= 11 is 0. The molecular formula is C14H26. The lowest BCUT2D eigenvalue weighted by molar-refractivity contribution is 0.127. The number of hydrogen-bond acceptors (Lipinski definition) is 0. The van der Waals surface area contributed by atoms with Gasteiger partial charge in [-0.25, -0.2) is 0 Å². The van der Waals surface area contributed by atoms with Crippen LogP contribution in [0.3, 0.4) is 0 Å². The first kappa shape index (κ1) is 11.8. The average molecular weight is 194 g/mol. The van der Waals surface area contributed by atoms with Crippen LogP contribution in [0.2, 0.25) is 0 Å². The summed E-state index contributed by atoms with van der Waals surface area (Å²) in [5.41, 5.74) is 2.49. The summed E-state index contributed by atoms with van der Waals surface area (Å²) in [5, 5.41) is 0. The maximum absolute atomic E-state index is 4.26. The maximum Gasteiger partial charge on any atom is -0.0111 e. The molecule has 0 heterocycles. The van der Waals surface area contributed by atoms with Crippen LogP contribution < -0.4 is 0 Å². The van der Waals surface area contributed by atoms with Crippen molar-refractivity contribution in [2.75, 3.05) is 0 Å². The highest BCUT2D eigenvalue weighted by Crippen LogP contribution is 2.65. The highest BCUT2D eigenvalue weighted by atomic mass is 14.6. The van der Waals surface area contributed by atoms with E-state index in [1.54, 1.807) is 0 Å². The van der Waals surface area contributed by atoms with Crippen molar-refractivity contribution in [1.29, 1.82) is 0 Å². The number of allylic oxidation sites excluding steroid dienone is 1. The van der Waals surface area contributed by atoms with Crippen LogP contribution in [0.25, 0.3) is 0 Å². The zero-order valence-corrected chi connectivity index (χ0v) is 10.8. The molecule has 2 aliphatic carbocycles. The van der Waals surface area contributed by atoms with Gasteiger partial charge in [-0.3, -0.25) is 0 Å². The fourth-order valence-corrected chi connectivity index (χ4v) is 3.75. The molecular weight excluding hydrogens is 168 g/mol. The molecule has 0 amide bonds. The molecule has 2 bridgehead atoms. The van der Waals surface area contributed by atoms with E-state index in [0.717, 1.165) is 11.8 Å². The molecule has 2 fully saturated rings. The Morgan fingerprint density at radius 2 is 1.64 bits per heavy atom. The molecule has 14 heavy (non-hydrogen) atoms. The lowest BCUT2D eigenvalue weighted by atomic mass is 9.62. The van der Waals surface area contributed by atoms with Crippen LogP contribution in [0.1, 0.15) is 54.4 Å². The molecule has 82 valence electrons. The van der Waals surface area contributed by atoms with Crippen molar-refractivity contribution in [3.63, 3.8) is 0 Å². The lowest BCUT2D eigenvalue weighted by Gasteiger charge is -2.42. The molecule has 2 unspecified atom stereocenters. The first-order valence-electron chi connectivity index (χ1n) is 6.05. The van der Waals surface area contributed by atoms with Crippen molar-refractivity contribution >= 4 is 0 Å². The molecule has 2 rings (SSSR count). The van der Waals surface area contributed by atoms with Crippen molar-refractivity contribution in [2.45, 2.75) is 54.4 Å². The van der Waals surface area contributed by atoms with Crippen molar-refractivity contribution in [3.05, 3.63) is 12.2 Å². The van der Waals surface area contributed by atoms with Crippen LogP contribution in [0, 0.1) is 22.7 Å². The van der Waals surface area contributed by atoms with Gasteiger partial charge in [0.1, 0.15) is 0 Å². The molecule has 0 aromatic rings. The van der Waals surface area contributed by atoms with Gasteiger partial charge in [0.15, 0.2) is 0 Å². The van der Waals surface area contributed by atoms with Gasteiger partial charge >= 0.3 is 0 Å². The van der Waals surface area contributed by atoms with Crippen molar-refractivity contribution < 1.29 is 0 Å². The first-order chi connectivity index (χ1) is 6.36. The van der Waals surface area contributed by atoms with E-state index in [1.807, 2.05) is 13.8 Å². The fraction of sp³-hybridized carbons (Fsp3) is 0.857. The maximum atomic E-state index is 4.26. The standard InChI is InChI=1S/C12H20.C2H6/c1-8-9-6-10(12(8,4)5)11(2,3)7-9;1-2/h9-10H,1,6-7H2,2-5H3;1-2H3. The van der Waals surface area contributed by atoms with Crippen LogP contribution in [-0.2, 0) is 0 Å². The van der Waals surface area contributed by atoms with Crippen LogP contribution in [0.4, 0.5) is 0 Å². The Hall–Kier alpha value is -0.260. The van der Waals surface area contributed by atoms with Crippen LogP contribution in [-0.4, -0.2) is 0 Å². The van der Waals surface area contributed by atoms with Gasteiger partial charge in [-0.15, -0.1) is 0 Å². The smallest absolute Gasteiger partial charge is 0.0111 e. The third-order valence-electron chi connectivity index (χ3n) is 4.43. The zero-order chi connectivity index (χ0) is 11.1. The molecule has 0 aromatic heterocycles. The van der Waals surface area contributed by atoms with E-state index in [2.05, 4.69) is 34.3 Å². The lowest BCUT2D eigenvalue weighted by Crippen LogP contribution is -2.34. The fourth-order valence-electron chi connectivity index (χ4n) is 3.75. The number of fused-ring (bicyclic) bond motifs is 2. The molecule has 0 saturated heterocycles. The van der Waals surface area contributed by atoms with Gasteiger partial charge in [-0.05, 0) is 35.5 Å². The highest BCUT2D eigenvalue weighted by Gasteiger charge is 2.56. The summed E-state index contributed by atoms with van der Waals surface area (Å²) in [6, 6.07) is 0. The predicted octanol–water partition coefficient (Wildman–Crippen LogP) is 4.66. The van der Waals surface area contributed by atoms with Crippen molar-refractivity contribution in [2.24, 2.45) is 22.7 Å². The van der Waals surface area contributed by atoms with Crippen molar-refractivity contribution in [3.8, 4) is 0 Å². The molecule has 0 nitrogen and oxygen atoms in total. The topological polar surface area (TPSA) is 0 Å². The molecule has 0 heteroatoms. The molecule has 0 N–H and O–H groups in total. The van der Waals surface area contributed by atoms with E-state index in [1.165, 1.54) is 18.4 Å². The Labute approximate surface area is 89.8 Å². The minimum absolute atomic E-state index is 0.409. The molecule has 0 spiro atoms. The third kappa shape index (κ3) is 1.43. The van der Waals surface area contributed by atoms with Crippen LogP contribution in [0.15, 0.2) is 12.2 Å². The zero-order valence-electron chi connectivity index (χ0n) is 10.8. The van der Waals surface area contributed by atoms with Gasteiger partial charge in [0.25, 0.3) is 0 Å². The summed E-state index contributed by atoms with van der Waals surface area (Å²) in [6.45, 7) is 17.9. The summed E-state index contributed by atoms with van der Waals surface area (Å²) < 4.78 is 0. The van der Waals surface area contributed by atoms with E-state index in [9.17, 15) is 0 Å². The Balaban J connectivity index is 0.000000461. The second-order valence-corrected chi connectivity index (χ2v) is 5.92. The SMILES string of the molecule is C=C1C2CC(C(C)(C)C2)C1(C)C.CC. The largest absolute Gasteiger partial charge is 0.0990 e. The van der Waals surface area contributed by atoms with E-state index in [-0.39, 0.29) is 0 Å². The number of hydrogen-bond donors (Lipinski definition) is 0. The van der Waals surface area contributed by atoms with Gasteiger partial charge in [0.2, 0.25) is 0 Å². The second-order valence-electron chi connectivity index (χ2n) is 5.92. The van der Waals surface area contributed by atoms with Gasteiger partial charge in [-0.1, -0.05) is 53.7 Å². The van der Waals surface area contributed by atoms with E-state index in [4.69, 9.17) is 0 Å².